The van der Waals surface area contributed by atoms with Crippen molar-refractivity contribution in [1.29, 1.82) is 0 Å². The summed E-state index contributed by atoms with van der Waals surface area (Å²) < 4.78 is -3.29. The second-order valence-corrected chi connectivity index (χ2v) is 158. The van der Waals surface area contributed by atoms with Gasteiger partial charge in [-0.1, -0.05) is 0 Å². The zero-order valence-electron chi connectivity index (χ0n) is 2.60. The summed E-state index contributed by atoms with van der Waals surface area (Å²) in [6, 6.07) is 0. The molecule has 0 fully saturated rings. The van der Waals surface area contributed by atoms with Gasteiger partial charge in [0.05, 0.1) is 0 Å². The van der Waals surface area contributed by atoms with Gasteiger partial charge in [0.2, 0.25) is 0 Å². The summed E-state index contributed by atoms with van der Waals surface area (Å²) in [5.74, 6) is 0. The Kier molecular flexibility index (Phi) is 6.29. The molecule has 0 aromatic rings. The van der Waals surface area contributed by atoms with Crippen molar-refractivity contribution in [3.05, 3.63) is 0 Å². The average molecular weight is 696 g/mol. The third-order valence-corrected chi connectivity index (χ3v) is 0. The first-order chi connectivity index (χ1) is 2.45. The predicted molar refractivity (Wildman–Crippen MR) is 60.7 cm³/mol. The molecule has 53 valence electrons. The van der Waals surface area contributed by atoms with Gasteiger partial charge in [0.15, 0.2) is 0 Å². The van der Waals surface area contributed by atoms with Gasteiger partial charge in [-0.15, -0.1) is 0 Å². The zero-order chi connectivity index (χ0) is 6.41. The molecule has 0 rings (SSSR count). The molecule has 8 heteroatoms. The van der Waals surface area contributed by atoms with Crippen LogP contribution < -0.4 is 0 Å². The topological polar surface area (TPSA) is 0 Å². The van der Waals surface area contributed by atoms with Crippen molar-refractivity contribution in [2.24, 2.45) is 0 Å². The van der Waals surface area contributed by atoms with Crippen LogP contribution in [0.1, 0.15) is 0 Å². The van der Waals surface area contributed by atoms with Crippen molar-refractivity contribution >= 4 is 111 Å². The van der Waals surface area contributed by atoms with Crippen LogP contribution in [0.4, 0.5) is 0 Å². The second-order valence-electron chi connectivity index (χ2n) is 0.714. The van der Waals surface area contributed by atoms with E-state index in [0.29, 0.717) is 0 Å². The fourth-order valence-corrected chi connectivity index (χ4v) is 0. The molecular formula is HBr6IrNa. The summed E-state index contributed by atoms with van der Waals surface area (Å²) in [5, 5.41) is 0. The molecular weight excluding hydrogens is 695 g/mol. The van der Waals surface area contributed by atoms with Crippen LogP contribution >= 0.6 is 81.0 Å². The molecule has 0 heterocycles. The van der Waals surface area contributed by atoms with E-state index in [9.17, 15) is 0 Å². The Balaban J connectivity index is 0. The van der Waals surface area contributed by atoms with Crippen LogP contribution in [0.3, 0.4) is 0 Å². The van der Waals surface area contributed by atoms with Gasteiger partial charge in [0, 0.05) is 0 Å². The molecule has 8 heavy (non-hydrogen) atoms. The summed E-state index contributed by atoms with van der Waals surface area (Å²) >= 11 is 20.1. The Morgan fingerprint density at radius 3 is 0.625 bits per heavy atom. The van der Waals surface area contributed by atoms with E-state index in [1.807, 2.05) is 0 Å². The van der Waals surface area contributed by atoms with Crippen LogP contribution in [0.15, 0.2) is 0 Å². The van der Waals surface area contributed by atoms with Crippen molar-refractivity contribution in [3.63, 3.8) is 0 Å². The molecule has 0 aromatic heterocycles. The second kappa shape index (κ2) is 3.35. The van der Waals surface area contributed by atoms with Crippen molar-refractivity contribution in [2.75, 3.05) is 0 Å². The first-order valence-electron chi connectivity index (χ1n) is 0.756. The molecule has 0 spiro atoms. The SMILES string of the molecule is [Br][Ir]([Br])([Br])([Br])([Br])[Br].[NaH]. The molecule has 0 unspecified atom stereocenters. The van der Waals surface area contributed by atoms with E-state index >= 15 is 0 Å². The summed E-state index contributed by atoms with van der Waals surface area (Å²) in [6.07, 6.45) is 0. The zero-order valence-corrected chi connectivity index (χ0v) is 14.5. The summed E-state index contributed by atoms with van der Waals surface area (Å²) in [5.41, 5.74) is 0. The Hall–Kier alpha value is 4.53. The molecule has 0 saturated carbocycles. The Labute approximate surface area is 108 Å². The molecule has 0 radical (unpaired) electrons. The van der Waals surface area contributed by atoms with Crippen LogP contribution in [0.5, 0.6) is 0 Å². The normalized spacial score (nSPS) is 20.2. The van der Waals surface area contributed by atoms with Crippen LogP contribution in [0.25, 0.3) is 0 Å². The molecule has 0 bridgehead atoms. The summed E-state index contributed by atoms with van der Waals surface area (Å²) in [4.78, 5) is 0. The third kappa shape index (κ3) is 46.6. The molecule has 0 aliphatic heterocycles. The van der Waals surface area contributed by atoms with E-state index in [4.69, 9.17) is 0 Å². The molecule has 0 saturated heterocycles. The van der Waals surface area contributed by atoms with E-state index in [1.165, 1.54) is 0 Å². The molecule has 0 nitrogen and oxygen atoms in total. The number of hydrogen-bond acceptors (Lipinski definition) is 0. The standard InChI is InChI=1S/6BrH.Ir.Na.H/h6*1H;;;/q;;;;;;+6;;/p-6. The van der Waals surface area contributed by atoms with E-state index < -0.39 is 0.881 Å². The summed E-state index contributed by atoms with van der Waals surface area (Å²) in [7, 11) is 0. The van der Waals surface area contributed by atoms with Gasteiger partial charge >= 0.3 is 111 Å². The molecule has 0 aliphatic rings. The molecule has 0 aromatic carbocycles. The maximum atomic E-state index is 3.35. The third-order valence-electron chi connectivity index (χ3n) is 0. The summed E-state index contributed by atoms with van der Waals surface area (Å²) in [6.45, 7) is 0. The first kappa shape index (κ1) is 15.0. The first-order valence-corrected chi connectivity index (χ1v) is 32.2. The van der Waals surface area contributed by atoms with Crippen LogP contribution in [0, 0.1) is 0 Å². The van der Waals surface area contributed by atoms with Gasteiger partial charge in [-0.25, -0.2) is 0 Å². The van der Waals surface area contributed by atoms with Crippen molar-refractivity contribution in [1.82, 2.24) is 0 Å². The van der Waals surface area contributed by atoms with E-state index in [2.05, 4.69) is 81.0 Å². The van der Waals surface area contributed by atoms with Crippen molar-refractivity contribution < 1.29 is 0.881 Å². The Morgan fingerprint density at radius 1 is 0.625 bits per heavy atom. The van der Waals surface area contributed by atoms with Gasteiger partial charge in [0.1, 0.15) is 0 Å². The molecule has 0 aliphatic carbocycles. The fraction of sp³-hybridized carbons (Fsp3) is 0. The van der Waals surface area contributed by atoms with Crippen LogP contribution in [-0.2, 0) is 0.881 Å². The number of halogens is 6. The molecule has 0 amide bonds. The number of rotatable bonds is 0. The van der Waals surface area contributed by atoms with E-state index in [1.54, 1.807) is 0 Å². The van der Waals surface area contributed by atoms with Gasteiger partial charge in [-0.3, -0.25) is 0 Å². The van der Waals surface area contributed by atoms with Crippen LogP contribution in [-0.4, -0.2) is 29.6 Å². The Bertz CT molecular complexity index is 67.1. The molecule has 0 atom stereocenters. The van der Waals surface area contributed by atoms with Crippen molar-refractivity contribution in [3.8, 4) is 0 Å². The number of hydrogen-bond donors (Lipinski definition) is 0. The Morgan fingerprint density at radius 2 is 0.625 bits per heavy atom. The quantitative estimate of drug-likeness (QED) is 0.330. The maximum absolute atomic E-state index is 3.35. The fourth-order valence-electron chi connectivity index (χ4n) is 0. The van der Waals surface area contributed by atoms with E-state index in [0.717, 1.165) is 0 Å². The van der Waals surface area contributed by atoms with E-state index in [-0.39, 0.29) is 29.6 Å². The minimum atomic E-state index is -3.29. The van der Waals surface area contributed by atoms with Gasteiger partial charge in [-0.2, -0.15) is 0 Å². The van der Waals surface area contributed by atoms with Gasteiger partial charge in [0.25, 0.3) is 0 Å². The minimum absolute atomic E-state index is 0. The van der Waals surface area contributed by atoms with Gasteiger partial charge in [-0.05, 0) is 0 Å². The predicted octanol–water partition coefficient (Wildman–Crippen LogP) is 4.42. The molecule has 0 N–H and O–H groups in total. The monoisotopic (exact) mass is 690 g/mol. The van der Waals surface area contributed by atoms with Crippen LogP contribution in [0.2, 0.25) is 0 Å². The van der Waals surface area contributed by atoms with Gasteiger partial charge < -0.3 is 0 Å². The average Bonchev–Trinajstić information content (AvgIpc) is 0.592. The van der Waals surface area contributed by atoms with Crippen molar-refractivity contribution in [2.45, 2.75) is 0 Å².